The summed E-state index contributed by atoms with van der Waals surface area (Å²) in [7, 11) is -3.94. The second kappa shape index (κ2) is 9.09. The van der Waals surface area contributed by atoms with Crippen LogP contribution in [0.4, 0.5) is 13.2 Å². The first-order chi connectivity index (χ1) is 16.7. The first kappa shape index (κ1) is 26.5. The van der Waals surface area contributed by atoms with E-state index in [1.54, 1.807) is 19.2 Å². The Kier molecular flexibility index (Phi) is 6.69. The average molecular weight is 527 g/mol. The third-order valence-corrected chi connectivity index (χ3v) is 9.26. The minimum absolute atomic E-state index is 0.126. The number of hydrogen-bond donors (Lipinski definition) is 2. The maximum absolute atomic E-state index is 13.3. The number of sulfonamides is 1. The molecule has 0 radical (unpaired) electrons. The second-order valence-electron chi connectivity index (χ2n) is 9.87. The van der Waals surface area contributed by atoms with Crippen molar-refractivity contribution >= 4 is 15.9 Å². The minimum atomic E-state index is -4.89. The van der Waals surface area contributed by atoms with Crippen LogP contribution < -0.4 is 5.73 Å². The van der Waals surface area contributed by atoms with Crippen molar-refractivity contribution in [1.29, 1.82) is 0 Å². The number of pyridine rings is 1. The van der Waals surface area contributed by atoms with E-state index in [2.05, 4.69) is 9.88 Å². The Morgan fingerprint density at radius 1 is 1.19 bits per heavy atom. The van der Waals surface area contributed by atoms with Crippen molar-refractivity contribution in [3.8, 4) is 0 Å². The number of alkyl halides is 3. The lowest BCUT2D eigenvalue weighted by Gasteiger charge is -2.40. The highest BCUT2D eigenvalue weighted by Crippen LogP contribution is 2.49. The molecule has 196 valence electrons. The third-order valence-electron chi connectivity index (χ3n) is 7.23. The van der Waals surface area contributed by atoms with E-state index in [0.29, 0.717) is 26.6 Å². The van der Waals surface area contributed by atoms with Gasteiger partial charge in [-0.25, -0.2) is 8.42 Å². The summed E-state index contributed by atoms with van der Waals surface area (Å²) in [6.45, 7) is 4.32. The highest BCUT2D eigenvalue weighted by Gasteiger charge is 2.51. The summed E-state index contributed by atoms with van der Waals surface area (Å²) in [5.74, 6) is -0.588. The molecule has 1 saturated heterocycles. The molecule has 1 aliphatic carbocycles. The first-order valence-corrected chi connectivity index (χ1v) is 13.0. The Balaban J connectivity index is 1.45. The van der Waals surface area contributed by atoms with Crippen molar-refractivity contribution < 1.29 is 31.5 Å². The Morgan fingerprint density at radius 2 is 1.83 bits per heavy atom. The van der Waals surface area contributed by atoms with Gasteiger partial charge in [0.25, 0.3) is 5.91 Å². The molecule has 2 fully saturated rings. The van der Waals surface area contributed by atoms with Gasteiger partial charge in [-0.1, -0.05) is 12.1 Å². The Bertz CT molecular complexity index is 1240. The standard InChI is InChI=1S/C24H29F3N4O4S/c1-16-14-30(15-23(8-9-23)18-7-10-29-20(13-18)21(28)32)11-12-31(16)36(34,35)19-5-3-17(4-6-19)22(2,33)24(25,26)27/h3-7,10,13,16,33H,8-9,11-12,14-15H2,1-2H3,(H2,28,32)/t16?,22-/m1/s1. The van der Waals surface area contributed by atoms with E-state index in [-0.39, 0.29) is 28.6 Å². The molecule has 36 heavy (non-hydrogen) atoms. The van der Waals surface area contributed by atoms with E-state index in [1.807, 2.05) is 6.07 Å². The summed E-state index contributed by atoms with van der Waals surface area (Å²) in [4.78, 5) is 17.6. The minimum Gasteiger partial charge on any atom is -0.376 e. The summed E-state index contributed by atoms with van der Waals surface area (Å²) >= 11 is 0. The van der Waals surface area contributed by atoms with Gasteiger partial charge in [-0.15, -0.1) is 0 Å². The second-order valence-corrected chi connectivity index (χ2v) is 11.8. The first-order valence-electron chi connectivity index (χ1n) is 11.6. The monoisotopic (exact) mass is 526 g/mol. The fourth-order valence-electron chi connectivity index (χ4n) is 4.78. The Morgan fingerprint density at radius 3 is 2.36 bits per heavy atom. The van der Waals surface area contributed by atoms with E-state index in [9.17, 15) is 31.5 Å². The smallest absolute Gasteiger partial charge is 0.376 e. The number of amides is 1. The lowest BCUT2D eigenvalue weighted by Crippen LogP contribution is -2.55. The molecule has 2 aromatic rings. The Hall–Kier alpha value is -2.54. The molecule has 8 nitrogen and oxygen atoms in total. The molecular formula is C24H29F3N4O4S. The van der Waals surface area contributed by atoms with E-state index in [1.165, 1.54) is 4.31 Å². The molecular weight excluding hydrogens is 497 g/mol. The SMILES string of the molecule is CC1CN(CC2(c3ccnc(C(N)=O)c3)CC2)CCN1S(=O)(=O)c1ccc([C@@](C)(O)C(F)(F)F)cc1. The number of benzene rings is 1. The van der Waals surface area contributed by atoms with Crippen LogP contribution in [0.2, 0.25) is 0 Å². The number of nitrogens with zero attached hydrogens (tertiary/aromatic N) is 3. The highest BCUT2D eigenvalue weighted by molar-refractivity contribution is 7.89. The van der Waals surface area contributed by atoms with Crippen molar-refractivity contribution in [3.05, 3.63) is 59.4 Å². The fourth-order valence-corrected chi connectivity index (χ4v) is 6.39. The molecule has 4 rings (SSSR count). The summed E-state index contributed by atoms with van der Waals surface area (Å²) < 4.78 is 67.2. The summed E-state index contributed by atoms with van der Waals surface area (Å²) in [5, 5.41) is 9.84. The lowest BCUT2D eigenvalue weighted by atomic mass is 9.95. The van der Waals surface area contributed by atoms with Crippen LogP contribution in [0.25, 0.3) is 0 Å². The largest absolute Gasteiger partial charge is 0.421 e. The summed E-state index contributed by atoms with van der Waals surface area (Å²) in [6.07, 6.45) is -1.44. The zero-order chi connectivity index (χ0) is 26.5. The zero-order valence-corrected chi connectivity index (χ0v) is 20.8. The van der Waals surface area contributed by atoms with Gasteiger partial charge >= 0.3 is 6.18 Å². The predicted octanol–water partition coefficient (Wildman–Crippen LogP) is 2.38. The number of halogens is 3. The summed E-state index contributed by atoms with van der Waals surface area (Å²) in [6, 6.07) is 7.42. The quantitative estimate of drug-likeness (QED) is 0.572. The molecule has 12 heteroatoms. The molecule has 3 N–H and O–H groups in total. The predicted molar refractivity (Wildman–Crippen MR) is 126 cm³/mol. The van der Waals surface area contributed by atoms with E-state index in [0.717, 1.165) is 42.7 Å². The van der Waals surface area contributed by atoms with Crippen LogP contribution in [0, 0.1) is 0 Å². The van der Waals surface area contributed by atoms with Crippen LogP contribution in [0.15, 0.2) is 47.5 Å². The fraction of sp³-hybridized carbons (Fsp3) is 0.500. The average Bonchev–Trinajstić information content (AvgIpc) is 3.59. The maximum Gasteiger partial charge on any atom is 0.421 e. The Labute approximate surface area is 208 Å². The van der Waals surface area contributed by atoms with Crippen LogP contribution in [-0.2, 0) is 21.0 Å². The molecule has 2 aliphatic rings. The molecule has 0 bridgehead atoms. The number of nitrogens with two attached hydrogens (primary N) is 1. The number of primary amides is 1. The lowest BCUT2D eigenvalue weighted by molar-refractivity contribution is -0.258. The van der Waals surface area contributed by atoms with E-state index >= 15 is 0 Å². The van der Waals surface area contributed by atoms with Gasteiger partial charge in [0.2, 0.25) is 10.0 Å². The van der Waals surface area contributed by atoms with Gasteiger partial charge in [-0.3, -0.25) is 14.7 Å². The van der Waals surface area contributed by atoms with Gasteiger partial charge in [-0.2, -0.15) is 17.5 Å². The number of aromatic nitrogens is 1. The number of carbonyl (C=O) groups excluding carboxylic acids is 1. The molecule has 2 atom stereocenters. The van der Waals surface area contributed by atoms with Gasteiger partial charge in [0.1, 0.15) is 5.69 Å². The van der Waals surface area contributed by atoms with Crippen molar-refractivity contribution in [1.82, 2.24) is 14.2 Å². The van der Waals surface area contributed by atoms with Gasteiger partial charge < -0.3 is 10.8 Å². The summed E-state index contributed by atoms with van der Waals surface area (Å²) in [5.41, 5.74) is 2.93. The molecule has 1 aliphatic heterocycles. The molecule has 1 unspecified atom stereocenters. The maximum atomic E-state index is 13.3. The number of carbonyl (C=O) groups is 1. The number of hydrogen-bond acceptors (Lipinski definition) is 6. The molecule has 1 aromatic carbocycles. The normalized spacial score (nSPS) is 22.7. The molecule has 1 amide bonds. The third kappa shape index (κ3) is 4.86. The molecule has 0 spiro atoms. The molecule has 2 heterocycles. The van der Waals surface area contributed by atoms with Crippen molar-refractivity contribution in [2.24, 2.45) is 5.73 Å². The van der Waals surface area contributed by atoms with Gasteiger partial charge in [-0.05, 0) is 62.1 Å². The number of piperazine rings is 1. The van der Waals surface area contributed by atoms with Crippen LogP contribution in [0.1, 0.15) is 48.3 Å². The van der Waals surface area contributed by atoms with Gasteiger partial charge in [0, 0.05) is 43.8 Å². The number of rotatable bonds is 7. The van der Waals surface area contributed by atoms with Crippen LogP contribution >= 0.6 is 0 Å². The van der Waals surface area contributed by atoms with E-state index in [4.69, 9.17) is 5.73 Å². The van der Waals surface area contributed by atoms with Crippen LogP contribution in [0.3, 0.4) is 0 Å². The van der Waals surface area contributed by atoms with Gasteiger partial charge in [0.15, 0.2) is 5.60 Å². The topological polar surface area (TPSA) is 117 Å². The van der Waals surface area contributed by atoms with Crippen LogP contribution in [0.5, 0.6) is 0 Å². The zero-order valence-electron chi connectivity index (χ0n) is 20.0. The van der Waals surface area contributed by atoms with Crippen molar-refractivity contribution in [3.63, 3.8) is 0 Å². The van der Waals surface area contributed by atoms with Crippen molar-refractivity contribution in [2.45, 2.75) is 54.8 Å². The van der Waals surface area contributed by atoms with E-state index < -0.39 is 33.3 Å². The molecule has 1 aromatic heterocycles. The van der Waals surface area contributed by atoms with Crippen molar-refractivity contribution in [2.75, 3.05) is 26.2 Å². The number of aliphatic hydroxyl groups is 1. The van der Waals surface area contributed by atoms with Crippen LogP contribution in [-0.4, -0.2) is 72.0 Å². The molecule has 1 saturated carbocycles. The highest BCUT2D eigenvalue weighted by atomic mass is 32.2. The van der Waals surface area contributed by atoms with Gasteiger partial charge in [0.05, 0.1) is 4.90 Å².